The van der Waals surface area contributed by atoms with Crippen molar-refractivity contribution < 1.29 is 9.53 Å². The lowest BCUT2D eigenvalue weighted by molar-refractivity contribution is -0.135. The maximum atomic E-state index is 12.9. The molecular weight excluding hydrogens is 376 g/mol. The number of carbonyl (C=O) groups is 1. The van der Waals surface area contributed by atoms with Gasteiger partial charge in [-0.3, -0.25) is 14.4 Å². The van der Waals surface area contributed by atoms with E-state index in [1.54, 1.807) is 0 Å². The second-order valence-electron chi connectivity index (χ2n) is 9.26. The summed E-state index contributed by atoms with van der Waals surface area (Å²) < 4.78 is 7.30. The third-order valence-corrected chi connectivity index (χ3v) is 7.37. The molecule has 2 saturated heterocycles. The average Bonchev–Trinajstić information content (AvgIpc) is 3.32. The highest BCUT2D eigenvalue weighted by Gasteiger charge is 2.45. The SMILES string of the molecule is Cn1cc(CN2CCC3(CC2)C[C@@H](CC(=O)N2CCOCC2)c2ccccc23)cn1. The van der Waals surface area contributed by atoms with E-state index >= 15 is 0 Å². The molecular formula is C24H32N4O2. The Morgan fingerprint density at radius 3 is 2.67 bits per heavy atom. The molecule has 0 bridgehead atoms. The van der Waals surface area contributed by atoms with Crippen LogP contribution >= 0.6 is 0 Å². The highest BCUT2D eigenvalue weighted by atomic mass is 16.5. The van der Waals surface area contributed by atoms with Crippen molar-refractivity contribution in [2.45, 2.75) is 43.6 Å². The lowest BCUT2D eigenvalue weighted by atomic mass is 9.73. The molecule has 30 heavy (non-hydrogen) atoms. The van der Waals surface area contributed by atoms with Crippen molar-refractivity contribution in [2.24, 2.45) is 7.05 Å². The summed E-state index contributed by atoms with van der Waals surface area (Å²) >= 11 is 0. The van der Waals surface area contributed by atoms with Gasteiger partial charge in [0, 0.05) is 44.9 Å². The maximum absolute atomic E-state index is 12.9. The number of morpholine rings is 1. The molecule has 1 aliphatic carbocycles. The molecule has 0 radical (unpaired) electrons. The van der Waals surface area contributed by atoms with Crippen LogP contribution in [0.1, 0.15) is 48.3 Å². The minimum atomic E-state index is 0.234. The highest BCUT2D eigenvalue weighted by Crippen LogP contribution is 2.52. The zero-order chi connectivity index (χ0) is 20.6. The van der Waals surface area contributed by atoms with Crippen LogP contribution in [0.25, 0.3) is 0 Å². The van der Waals surface area contributed by atoms with Crippen LogP contribution in [-0.4, -0.2) is 64.9 Å². The van der Waals surface area contributed by atoms with E-state index in [1.807, 2.05) is 22.8 Å². The lowest BCUT2D eigenvalue weighted by Crippen LogP contribution is -2.42. The first-order chi connectivity index (χ1) is 14.6. The van der Waals surface area contributed by atoms with Crippen molar-refractivity contribution in [3.8, 4) is 0 Å². The van der Waals surface area contributed by atoms with Crippen molar-refractivity contribution in [3.05, 3.63) is 53.3 Å². The number of benzene rings is 1. The van der Waals surface area contributed by atoms with E-state index in [4.69, 9.17) is 4.74 Å². The Bertz CT molecular complexity index is 894. The van der Waals surface area contributed by atoms with Gasteiger partial charge in [0.05, 0.1) is 19.4 Å². The number of aromatic nitrogens is 2. The van der Waals surface area contributed by atoms with Crippen LogP contribution in [-0.2, 0) is 28.5 Å². The molecule has 6 nitrogen and oxygen atoms in total. The first kappa shape index (κ1) is 19.8. The van der Waals surface area contributed by atoms with Gasteiger partial charge < -0.3 is 9.64 Å². The molecule has 1 aromatic carbocycles. The molecule has 160 valence electrons. The third kappa shape index (κ3) is 3.79. The zero-order valence-corrected chi connectivity index (χ0v) is 17.9. The summed E-state index contributed by atoms with van der Waals surface area (Å²) in [6, 6.07) is 8.91. The fraction of sp³-hybridized carbons (Fsp3) is 0.583. The molecule has 1 aromatic heterocycles. The van der Waals surface area contributed by atoms with E-state index in [0.29, 0.717) is 31.5 Å². The van der Waals surface area contributed by atoms with Gasteiger partial charge in [-0.05, 0) is 54.8 Å². The van der Waals surface area contributed by atoms with Gasteiger partial charge in [0.2, 0.25) is 5.91 Å². The molecule has 2 fully saturated rings. The fourth-order valence-electron chi connectivity index (χ4n) is 5.79. The van der Waals surface area contributed by atoms with Gasteiger partial charge in [-0.2, -0.15) is 5.10 Å². The van der Waals surface area contributed by atoms with Crippen LogP contribution in [0, 0.1) is 0 Å². The van der Waals surface area contributed by atoms with Crippen LogP contribution in [0.3, 0.4) is 0 Å². The largest absolute Gasteiger partial charge is 0.378 e. The van der Waals surface area contributed by atoms with E-state index in [0.717, 1.165) is 39.1 Å². The number of hydrogen-bond donors (Lipinski definition) is 0. The van der Waals surface area contributed by atoms with E-state index in [-0.39, 0.29) is 5.41 Å². The molecule has 6 heteroatoms. The van der Waals surface area contributed by atoms with Gasteiger partial charge in [-0.25, -0.2) is 0 Å². The number of aryl methyl sites for hydroxylation is 1. The molecule has 2 aliphatic heterocycles. The second kappa shape index (κ2) is 8.16. The number of likely N-dealkylation sites (tertiary alicyclic amines) is 1. The summed E-state index contributed by atoms with van der Waals surface area (Å²) in [5, 5.41) is 4.31. The third-order valence-electron chi connectivity index (χ3n) is 7.37. The van der Waals surface area contributed by atoms with Crippen LogP contribution in [0.4, 0.5) is 0 Å². The quantitative estimate of drug-likeness (QED) is 0.781. The smallest absolute Gasteiger partial charge is 0.223 e. The van der Waals surface area contributed by atoms with Gasteiger partial charge in [-0.1, -0.05) is 24.3 Å². The summed E-state index contributed by atoms with van der Waals surface area (Å²) in [6.07, 6.45) is 8.19. The number of amides is 1. The van der Waals surface area contributed by atoms with Gasteiger partial charge in [-0.15, -0.1) is 0 Å². The molecule has 1 spiro atoms. The first-order valence-corrected chi connectivity index (χ1v) is 11.3. The van der Waals surface area contributed by atoms with Crippen LogP contribution in [0.15, 0.2) is 36.7 Å². The van der Waals surface area contributed by atoms with Crippen molar-refractivity contribution in [2.75, 3.05) is 39.4 Å². The number of carbonyl (C=O) groups excluding carboxylic acids is 1. The molecule has 5 rings (SSSR count). The average molecular weight is 409 g/mol. The van der Waals surface area contributed by atoms with Crippen molar-refractivity contribution >= 4 is 5.91 Å². The molecule has 1 amide bonds. The number of ether oxygens (including phenoxy) is 1. The van der Waals surface area contributed by atoms with E-state index in [9.17, 15) is 4.79 Å². The molecule has 2 aromatic rings. The zero-order valence-electron chi connectivity index (χ0n) is 17.9. The lowest BCUT2D eigenvalue weighted by Gasteiger charge is -2.40. The minimum Gasteiger partial charge on any atom is -0.378 e. The van der Waals surface area contributed by atoms with Crippen molar-refractivity contribution in [3.63, 3.8) is 0 Å². The Kier molecular flexibility index (Phi) is 5.37. The monoisotopic (exact) mass is 408 g/mol. The van der Waals surface area contributed by atoms with E-state index in [2.05, 4.69) is 40.5 Å². The molecule has 3 heterocycles. The van der Waals surface area contributed by atoms with Gasteiger partial charge >= 0.3 is 0 Å². The Hall–Kier alpha value is -2.18. The fourth-order valence-corrected chi connectivity index (χ4v) is 5.79. The van der Waals surface area contributed by atoms with E-state index in [1.165, 1.54) is 29.5 Å². The number of rotatable bonds is 4. The summed E-state index contributed by atoms with van der Waals surface area (Å²) in [5.74, 6) is 0.644. The Morgan fingerprint density at radius 1 is 1.17 bits per heavy atom. The maximum Gasteiger partial charge on any atom is 0.223 e. The minimum absolute atomic E-state index is 0.234. The Morgan fingerprint density at radius 2 is 1.93 bits per heavy atom. The predicted octanol–water partition coefficient (Wildman–Crippen LogP) is 2.69. The number of hydrogen-bond acceptors (Lipinski definition) is 4. The summed E-state index contributed by atoms with van der Waals surface area (Å²) in [7, 11) is 1.97. The summed E-state index contributed by atoms with van der Waals surface area (Å²) in [6.45, 7) is 6.00. The van der Waals surface area contributed by atoms with E-state index < -0.39 is 0 Å². The predicted molar refractivity (Wildman–Crippen MR) is 115 cm³/mol. The molecule has 0 unspecified atom stereocenters. The van der Waals surface area contributed by atoms with Crippen LogP contribution in [0.2, 0.25) is 0 Å². The number of fused-ring (bicyclic) bond motifs is 2. The van der Waals surface area contributed by atoms with Crippen LogP contribution in [0.5, 0.6) is 0 Å². The highest BCUT2D eigenvalue weighted by molar-refractivity contribution is 5.77. The number of piperidine rings is 1. The molecule has 0 saturated carbocycles. The molecule has 1 atom stereocenters. The standard InChI is InChI=1S/C24H32N4O2/c1-26-17-19(16-25-26)18-27-8-6-24(7-9-27)15-20(21-4-2-3-5-22(21)24)14-23(29)28-10-12-30-13-11-28/h2-5,16-17,20H,6-15,18H2,1H3/t20-/m1/s1. The summed E-state index contributed by atoms with van der Waals surface area (Å²) in [5.41, 5.74) is 4.44. The Labute approximate surface area is 178 Å². The number of nitrogens with zero attached hydrogens (tertiary/aromatic N) is 4. The normalized spacial score (nSPS) is 23.6. The first-order valence-electron chi connectivity index (χ1n) is 11.3. The van der Waals surface area contributed by atoms with Gasteiger partial charge in [0.1, 0.15) is 0 Å². The topological polar surface area (TPSA) is 50.6 Å². The van der Waals surface area contributed by atoms with Crippen LogP contribution < -0.4 is 0 Å². The molecule has 0 N–H and O–H groups in total. The van der Waals surface area contributed by atoms with Gasteiger partial charge in [0.15, 0.2) is 0 Å². The van der Waals surface area contributed by atoms with Crippen molar-refractivity contribution in [1.29, 1.82) is 0 Å². The Balaban J connectivity index is 1.27. The molecule has 3 aliphatic rings. The van der Waals surface area contributed by atoms with Gasteiger partial charge in [0.25, 0.3) is 0 Å². The van der Waals surface area contributed by atoms with Crippen molar-refractivity contribution in [1.82, 2.24) is 19.6 Å². The summed E-state index contributed by atoms with van der Waals surface area (Å²) in [4.78, 5) is 17.5. The second-order valence-corrected chi connectivity index (χ2v) is 9.26.